The molecule has 1 amide bonds. The number of pyridine rings is 1. The predicted octanol–water partition coefficient (Wildman–Crippen LogP) is 0.396. The maximum absolute atomic E-state index is 11.9. The fraction of sp³-hybridized carbons (Fsp3) is 0.273. The molecular formula is C11H10N2O4. The van der Waals surface area contributed by atoms with Crippen LogP contribution in [0.1, 0.15) is 17.3 Å². The Morgan fingerprint density at radius 1 is 1.53 bits per heavy atom. The summed E-state index contributed by atoms with van der Waals surface area (Å²) in [6, 6.07) is 1.51. The highest BCUT2D eigenvalue weighted by Gasteiger charge is 2.40. The summed E-state index contributed by atoms with van der Waals surface area (Å²) in [4.78, 5) is 38.9. The number of anilines is 1. The van der Waals surface area contributed by atoms with E-state index in [4.69, 9.17) is 4.74 Å². The lowest BCUT2D eigenvalue weighted by molar-refractivity contribution is -0.148. The maximum atomic E-state index is 11.9. The Hall–Kier alpha value is -2.24. The van der Waals surface area contributed by atoms with Crippen molar-refractivity contribution in [2.75, 3.05) is 11.9 Å². The minimum absolute atomic E-state index is 0.121. The summed E-state index contributed by atoms with van der Waals surface area (Å²) in [5.74, 6) is -3.49. The number of Topliss-reactive ketones (excluding diaryl/α,β-unsaturated/α-hetero) is 1. The minimum Gasteiger partial charge on any atom is -0.465 e. The highest BCUT2D eigenvalue weighted by atomic mass is 16.5. The lowest BCUT2D eigenvalue weighted by Gasteiger charge is -2.21. The molecular weight excluding hydrogens is 224 g/mol. The highest BCUT2D eigenvalue weighted by Crippen LogP contribution is 2.25. The van der Waals surface area contributed by atoms with Crippen LogP contribution in [0.2, 0.25) is 0 Å². The second-order valence-corrected chi connectivity index (χ2v) is 3.46. The predicted molar refractivity (Wildman–Crippen MR) is 57.3 cm³/mol. The largest absolute Gasteiger partial charge is 0.465 e. The zero-order valence-corrected chi connectivity index (χ0v) is 9.10. The third kappa shape index (κ3) is 1.89. The highest BCUT2D eigenvalue weighted by molar-refractivity contribution is 6.29. The van der Waals surface area contributed by atoms with E-state index in [0.717, 1.165) is 0 Å². The van der Waals surface area contributed by atoms with Gasteiger partial charge in [-0.3, -0.25) is 19.4 Å². The molecule has 1 aromatic rings. The van der Waals surface area contributed by atoms with E-state index in [9.17, 15) is 14.4 Å². The van der Waals surface area contributed by atoms with E-state index in [1.54, 1.807) is 6.92 Å². The van der Waals surface area contributed by atoms with Gasteiger partial charge in [0.25, 0.3) is 0 Å². The number of carbonyl (C=O) groups excluding carboxylic acids is 3. The average Bonchev–Trinajstić information content (AvgIpc) is 2.29. The molecule has 0 aliphatic carbocycles. The van der Waals surface area contributed by atoms with Crippen molar-refractivity contribution in [3.63, 3.8) is 0 Å². The van der Waals surface area contributed by atoms with E-state index < -0.39 is 23.6 Å². The first-order chi connectivity index (χ1) is 8.15. The Balaban J connectivity index is 2.37. The zero-order chi connectivity index (χ0) is 12.4. The number of rotatable bonds is 2. The fourth-order valence-electron chi connectivity index (χ4n) is 1.62. The molecule has 0 saturated heterocycles. The minimum atomic E-state index is -1.42. The standard InChI is InChI=1S/C11H10N2O4/c1-2-17-11(16)8-9(14)6-5-12-4-3-7(6)13-10(8)15/h3-5,8H,2H2,1H3,(H,13,15). The van der Waals surface area contributed by atoms with E-state index in [-0.39, 0.29) is 12.2 Å². The molecule has 0 fully saturated rings. The lowest BCUT2D eigenvalue weighted by atomic mass is 9.93. The molecule has 88 valence electrons. The van der Waals surface area contributed by atoms with Gasteiger partial charge < -0.3 is 10.1 Å². The van der Waals surface area contributed by atoms with Gasteiger partial charge in [-0.25, -0.2) is 0 Å². The Morgan fingerprint density at radius 2 is 2.29 bits per heavy atom. The number of nitrogens with one attached hydrogen (secondary N) is 1. The number of ether oxygens (including phenoxy) is 1. The Morgan fingerprint density at radius 3 is 3.00 bits per heavy atom. The molecule has 2 heterocycles. The van der Waals surface area contributed by atoms with Crippen LogP contribution in [-0.4, -0.2) is 29.3 Å². The van der Waals surface area contributed by atoms with Gasteiger partial charge in [0.05, 0.1) is 17.9 Å². The van der Waals surface area contributed by atoms with E-state index in [1.807, 2.05) is 0 Å². The Labute approximate surface area is 97.0 Å². The van der Waals surface area contributed by atoms with Crippen LogP contribution in [0, 0.1) is 5.92 Å². The van der Waals surface area contributed by atoms with E-state index in [1.165, 1.54) is 18.5 Å². The number of carbonyl (C=O) groups is 3. The van der Waals surface area contributed by atoms with Gasteiger partial charge in [-0.1, -0.05) is 0 Å². The third-order valence-electron chi connectivity index (χ3n) is 2.39. The number of hydrogen-bond acceptors (Lipinski definition) is 5. The third-order valence-corrected chi connectivity index (χ3v) is 2.39. The number of hydrogen-bond donors (Lipinski definition) is 1. The quantitative estimate of drug-likeness (QED) is 0.591. The van der Waals surface area contributed by atoms with Crippen LogP contribution in [0.3, 0.4) is 0 Å². The van der Waals surface area contributed by atoms with E-state index in [0.29, 0.717) is 5.69 Å². The molecule has 1 N–H and O–H groups in total. The fourth-order valence-corrected chi connectivity index (χ4v) is 1.62. The average molecular weight is 234 g/mol. The number of aromatic nitrogens is 1. The zero-order valence-electron chi connectivity index (χ0n) is 9.10. The summed E-state index contributed by atoms with van der Waals surface area (Å²) in [6.45, 7) is 1.73. The Kier molecular flexibility index (Phi) is 2.86. The molecule has 6 heteroatoms. The first kappa shape index (κ1) is 11.3. The van der Waals surface area contributed by atoms with Crippen molar-refractivity contribution in [3.05, 3.63) is 24.0 Å². The second kappa shape index (κ2) is 4.32. The van der Waals surface area contributed by atoms with Crippen LogP contribution in [0.4, 0.5) is 5.69 Å². The summed E-state index contributed by atoms with van der Waals surface area (Å²) < 4.78 is 4.70. The molecule has 0 bridgehead atoms. The van der Waals surface area contributed by atoms with Gasteiger partial charge in [-0.2, -0.15) is 0 Å². The van der Waals surface area contributed by atoms with Crippen molar-refractivity contribution in [2.24, 2.45) is 5.92 Å². The molecule has 0 saturated carbocycles. The monoisotopic (exact) mass is 234 g/mol. The lowest BCUT2D eigenvalue weighted by Crippen LogP contribution is -2.41. The van der Waals surface area contributed by atoms with Crippen LogP contribution in [0.15, 0.2) is 18.5 Å². The number of nitrogens with zero attached hydrogens (tertiary/aromatic N) is 1. The van der Waals surface area contributed by atoms with Gasteiger partial charge in [0.2, 0.25) is 5.91 Å². The molecule has 0 radical (unpaired) electrons. The van der Waals surface area contributed by atoms with Crippen LogP contribution in [0.5, 0.6) is 0 Å². The molecule has 6 nitrogen and oxygen atoms in total. The van der Waals surface area contributed by atoms with Crippen molar-refractivity contribution in [1.82, 2.24) is 4.98 Å². The van der Waals surface area contributed by atoms with Gasteiger partial charge in [-0.05, 0) is 13.0 Å². The van der Waals surface area contributed by atoms with Crippen molar-refractivity contribution in [2.45, 2.75) is 6.92 Å². The first-order valence-electron chi connectivity index (χ1n) is 5.11. The summed E-state index contributed by atoms with van der Waals surface area (Å²) in [6.07, 6.45) is 2.78. The molecule has 0 aromatic carbocycles. The Bertz CT molecular complexity index is 498. The van der Waals surface area contributed by atoms with Crippen LogP contribution in [-0.2, 0) is 14.3 Å². The molecule has 1 aromatic heterocycles. The van der Waals surface area contributed by atoms with Crippen LogP contribution < -0.4 is 5.32 Å². The van der Waals surface area contributed by atoms with Gasteiger partial charge in [0.1, 0.15) is 0 Å². The second-order valence-electron chi connectivity index (χ2n) is 3.46. The van der Waals surface area contributed by atoms with Gasteiger partial charge in [0.15, 0.2) is 11.7 Å². The smallest absolute Gasteiger partial charge is 0.326 e. The summed E-state index contributed by atoms with van der Waals surface area (Å²) in [5.41, 5.74) is 0.598. The number of ketones is 1. The molecule has 0 spiro atoms. The van der Waals surface area contributed by atoms with Gasteiger partial charge in [0, 0.05) is 12.4 Å². The summed E-state index contributed by atoms with van der Waals surface area (Å²) in [5, 5.41) is 2.48. The van der Waals surface area contributed by atoms with Crippen LogP contribution >= 0.6 is 0 Å². The van der Waals surface area contributed by atoms with Crippen molar-refractivity contribution in [3.8, 4) is 0 Å². The van der Waals surface area contributed by atoms with Gasteiger partial charge in [-0.15, -0.1) is 0 Å². The van der Waals surface area contributed by atoms with Crippen molar-refractivity contribution >= 4 is 23.3 Å². The van der Waals surface area contributed by atoms with Crippen molar-refractivity contribution < 1.29 is 19.1 Å². The van der Waals surface area contributed by atoms with E-state index >= 15 is 0 Å². The molecule has 1 aliphatic rings. The first-order valence-corrected chi connectivity index (χ1v) is 5.11. The van der Waals surface area contributed by atoms with Crippen LogP contribution in [0.25, 0.3) is 0 Å². The molecule has 2 rings (SSSR count). The number of esters is 1. The number of amides is 1. The van der Waals surface area contributed by atoms with Crippen molar-refractivity contribution in [1.29, 1.82) is 0 Å². The maximum Gasteiger partial charge on any atom is 0.326 e. The normalized spacial score (nSPS) is 18.3. The van der Waals surface area contributed by atoms with E-state index in [2.05, 4.69) is 10.3 Å². The topological polar surface area (TPSA) is 85.4 Å². The molecule has 1 aliphatic heterocycles. The SMILES string of the molecule is CCOC(=O)C1C(=O)Nc2ccncc2C1=O. The summed E-state index contributed by atoms with van der Waals surface area (Å²) >= 11 is 0. The number of fused-ring (bicyclic) bond motifs is 1. The molecule has 1 unspecified atom stereocenters. The molecule has 1 atom stereocenters. The van der Waals surface area contributed by atoms with Gasteiger partial charge >= 0.3 is 5.97 Å². The summed E-state index contributed by atoms with van der Waals surface area (Å²) in [7, 11) is 0. The molecule has 17 heavy (non-hydrogen) atoms.